The Morgan fingerprint density at radius 1 is 1.18 bits per heavy atom. The predicted molar refractivity (Wildman–Crippen MR) is 91.6 cm³/mol. The second kappa shape index (κ2) is 6.89. The van der Waals surface area contributed by atoms with Gasteiger partial charge in [-0.25, -0.2) is 4.98 Å². The van der Waals surface area contributed by atoms with E-state index < -0.39 is 0 Å². The predicted octanol–water partition coefficient (Wildman–Crippen LogP) is 4.28. The van der Waals surface area contributed by atoms with Crippen LogP contribution in [0, 0.1) is 0 Å². The van der Waals surface area contributed by atoms with Gasteiger partial charge in [-0.15, -0.1) is 11.8 Å². The molecule has 1 N–H and O–H groups in total. The summed E-state index contributed by atoms with van der Waals surface area (Å²) in [6, 6.07) is 15.3. The molecule has 0 saturated heterocycles. The first-order valence-corrected chi connectivity index (χ1v) is 8.88. The van der Waals surface area contributed by atoms with Crippen molar-refractivity contribution in [1.82, 2.24) is 4.98 Å². The third-order valence-electron chi connectivity index (χ3n) is 2.98. The van der Waals surface area contributed by atoms with Crippen molar-refractivity contribution in [2.75, 3.05) is 17.3 Å². The van der Waals surface area contributed by atoms with Crippen LogP contribution in [0.4, 0.5) is 5.69 Å². The molecule has 0 unspecified atom stereocenters. The highest BCUT2D eigenvalue weighted by molar-refractivity contribution is 7.99. The first-order valence-electron chi connectivity index (χ1n) is 6.67. The number of hydrogen-bond acceptors (Lipinski definition) is 5. The second-order valence-electron chi connectivity index (χ2n) is 4.48. The summed E-state index contributed by atoms with van der Waals surface area (Å²) in [5, 5.41) is 3.42. The van der Waals surface area contributed by atoms with E-state index in [-0.39, 0.29) is 11.7 Å². The summed E-state index contributed by atoms with van der Waals surface area (Å²) >= 11 is 2.89. The van der Waals surface area contributed by atoms with E-state index >= 15 is 0 Å². The molecule has 0 bridgehead atoms. The van der Waals surface area contributed by atoms with Gasteiger partial charge in [-0.05, 0) is 30.5 Å². The number of para-hydroxylation sites is 3. The summed E-state index contributed by atoms with van der Waals surface area (Å²) in [5.41, 5.74) is 2.37. The summed E-state index contributed by atoms with van der Waals surface area (Å²) in [6.45, 7) is 0. The van der Waals surface area contributed by atoms with Crippen LogP contribution < -0.4 is 5.32 Å². The molecule has 0 aliphatic rings. The molecule has 0 fully saturated rings. The molecular weight excluding hydrogens is 316 g/mol. The zero-order valence-electron chi connectivity index (χ0n) is 11.9. The number of thioether (sulfide) groups is 2. The van der Waals surface area contributed by atoms with Gasteiger partial charge >= 0.3 is 0 Å². The number of fused-ring (bicyclic) bond motifs is 1. The largest absolute Gasteiger partial charge is 0.431 e. The number of amides is 1. The molecule has 1 amide bonds. The van der Waals surface area contributed by atoms with Gasteiger partial charge in [0.05, 0.1) is 11.4 Å². The van der Waals surface area contributed by atoms with Gasteiger partial charge in [-0.2, -0.15) is 0 Å². The first kappa shape index (κ1) is 15.0. The lowest BCUT2D eigenvalue weighted by atomic mass is 10.3. The van der Waals surface area contributed by atoms with Crippen molar-refractivity contribution in [3.05, 3.63) is 48.5 Å². The van der Waals surface area contributed by atoms with Crippen LogP contribution in [0.15, 0.2) is 63.1 Å². The molecule has 112 valence electrons. The van der Waals surface area contributed by atoms with E-state index in [4.69, 9.17) is 4.42 Å². The number of carbonyl (C=O) groups excluding carboxylic acids is 1. The van der Waals surface area contributed by atoms with E-state index in [0.29, 0.717) is 5.22 Å². The molecule has 1 heterocycles. The van der Waals surface area contributed by atoms with Gasteiger partial charge in [0.1, 0.15) is 5.52 Å². The van der Waals surface area contributed by atoms with Crippen LogP contribution >= 0.6 is 23.5 Å². The SMILES string of the molecule is CSc1ccccc1NC(=O)CSc1nc2ccccc2o1. The van der Waals surface area contributed by atoms with Crippen LogP contribution in [-0.4, -0.2) is 22.9 Å². The van der Waals surface area contributed by atoms with Crippen molar-refractivity contribution >= 4 is 46.2 Å². The molecule has 0 saturated carbocycles. The van der Waals surface area contributed by atoms with E-state index in [1.165, 1.54) is 11.8 Å². The molecule has 3 aromatic rings. The van der Waals surface area contributed by atoms with Crippen molar-refractivity contribution in [1.29, 1.82) is 0 Å². The Morgan fingerprint density at radius 2 is 1.95 bits per heavy atom. The number of oxazole rings is 1. The minimum Gasteiger partial charge on any atom is -0.431 e. The Bertz CT molecular complexity index is 768. The first-order chi connectivity index (χ1) is 10.8. The maximum absolute atomic E-state index is 12.1. The van der Waals surface area contributed by atoms with Crippen molar-refractivity contribution in [3.8, 4) is 0 Å². The van der Waals surface area contributed by atoms with Gasteiger partial charge in [0.2, 0.25) is 5.91 Å². The maximum Gasteiger partial charge on any atom is 0.257 e. The normalized spacial score (nSPS) is 10.8. The van der Waals surface area contributed by atoms with E-state index in [9.17, 15) is 4.79 Å². The molecular formula is C16H14N2O2S2. The molecule has 4 nitrogen and oxygen atoms in total. The number of rotatable bonds is 5. The number of nitrogens with zero attached hydrogens (tertiary/aromatic N) is 1. The van der Waals surface area contributed by atoms with Crippen LogP contribution in [0.25, 0.3) is 11.1 Å². The molecule has 2 aromatic carbocycles. The molecule has 22 heavy (non-hydrogen) atoms. The summed E-state index contributed by atoms with van der Waals surface area (Å²) in [4.78, 5) is 17.4. The fourth-order valence-electron chi connectivity index (χ4n) is 1.97. The van der Waals surface area contributed by atoms with Crippen molar-refractivity contribution < 1.29 is 9.21 Å². The number of aromatic nitrogens is 1. The minimum absolute atomic E-state index is 0.0752. The Kier molecular flexibility index (Phi) is 4.70. The van der Waals surface area contributed by atoms with Crippen molar-refractivity contribution in [2.45, 2.75) is 10.1 Å². The standard InChI is InChI=1S/C16H14N2O2S2/c1-21-14-9-5-3-7-12(14)17-15(19)10-22-16-18-11-6-2-4-8-13(11)20-16/h2-9H,10H2,1H3,(H,17,19). The highest BCUT2D eigenvalue weighted by Crippen LogP contribution is 2.26. The Labute approximate surface area is 136 Å². The molecule has 0 radical (unpaired) electrons. The smallest absolute Gasteiger partial charge is 0.257 e. The maximum atomic E-state index is 12.1. The zero-order chi connectivity index (χ0) is 15.4. The fourth-order valence-corrected chi connectivity index (χ4v) is 3.17. The minimum atomic E-state index is -0.0752. The van der Waals surface area contributed by atoms with E-state index in [2.05, 4.69) is 10.3 Å². The van der Waals surface area contributed by atoms with Gasteiger partial charge in [0, 0.05) is 4.90 Å². The highest BCUT2D eigenvalue weighted by Gasteiger charge is 2.10. The van der Waals surface area contributed by atoms with Gasteiger partial charge in [0.15, 0.2) is 5.58 Å². The Hall–Kier alpha value is -1.92. The molecule has 3 rings (SSSR count). The monoisotopic (exact) mass is 330 g/mol. The van der Waals surface area contributed by atoms with E-state index in [0.717, 1.165) is 21.7 Å². The molecule has 6 heteroatoms. The summed E-state index contributed by atoms with van der Waals surface area (Å²) in [7, 11) is 0. The lowest BCUT2D eigenvalue weighted by Gasteiger charge is -2.08. The van der Waals surface area contributed by atoms with Gasteiger partial charge in [-0.3, -0.25) is 4.79 Å². The molecule has 0 atom stereocenters. The lowest BCUT2D eigenvalue weighted by Crippen LogP contribution is -2.14. The second-order valence-corrected chi connectivity index (χ2v) is 6.26. The average Bonchev–Trinajstić information content (AvgIpc) is 2.96. The van der Waals surface area contributed by atoms with E-state index in [1.54, 1.807) is 11.8 Å². The third-order valence-corrected chi connectivity index (χ3v) is 4.61. The van der Waals surface area contributed by atoms with Crippen LogP contribution in [0.5, 0.6) is 0 Å². The lowest BCUT2D eigenvalue weighted by molar-refractivity contribution is -0.113. The average molecular weight is 330 g/mol. The summed E-state index contributed by atoms with van der Waals surface area (Å²) < 4.78 is 5.58. The topological polar surface area (TPSA) is 55.1 Å². The molecule has 0 spiro atoms. The number of carbonyl (C=O) groups is 1. The molecule has 1 aromatic heterocycles. The van der Waals surface area contributed by atoms with Crippen LogP contribution in [-0.2, 0) is 4.79 Å². The van der Waals surface area contributed by atoms with Crippen LogP contribution in [0.2, 0.25) is 0 Å². The number of anilines is 1. The number of benzene rings is 2. The Balaban J connectivity index is 1.62. The molecule has 0 aliphatic carbocycles. The fraction of sp³-hybridized carbons (Fsp3) is 0.125. The Morgan fingerprint density at radius 3 is 2.77 bits per heavy atom. The van der Waals surface area contributed by atoms with Gasteiger partial charge in [0.25, 0.3) is 5.22 Å². The highest BCUT2D eigenvalue weighted by atomic mass is 32.2. The van der Waals surface area contributed by atoms with Crippen LogP contribution in [0.1, 0.15) is 0 Å². The van der Waals surface area contributed by atoms with Gasteiger partial charge in [-0.1, -0.05) is 36.0 Å². The van der Waals surface area contributed by atoms with Gasteiger partial charge < -0.3 is 9.73 Å². The van der Waals surface area contributed by atoms with E-state index in [1.807, 2.05) is 54.8 Å². The van der Waals surface area contributed by atoms with Crippen LogP contribution in [0.3, 0.4) is 0 Å². The summed E-state index contributed by atoms with van der Waals surface area (Å²) in [5.74, 6) is 0.184. The quantitative estimate of drug-likeness (QED) is 0.708. The zero-order valence-corrected chi connectivity index (χ0v) is 13.5. The summed E-state index contributed by atoms with van der Waals surface area (Å²) in [6.07, 6.45) is 1.98. The van der Waals surface area contributed by atoms with Crippen molar-refractivity contribution in [3.63, 3.8) is 0 Å². The molecule has 0 aliphatic heterocycles. The number of hydrogen-bond donors (Lipinski definition) is 1. The third kappa shape index (κ3) is 3.45. The van der Waals surface area contributed by atoms with Crippen molar-refractivity contribution in [2.24, 2.45) is 0 Å². The number of nitrogens with one attached hydrogen (secondary N) is 1.